The van der Waals surface area contributed by atoms with Gasteiger partial charge in [-0.05, 0) is 61.6 Å². The molecule has 1 heterocycles. The van der Waals surface area contributed by atoms with E-state index in [2.05, 4.69) is 26.1 Å². The van der Waals surface area contributed by atoms with E-state index in [1.54, 1.807) is 18.2 Å². The molecule has 28 heavy (non-hydrogen) atoms. The number of carbonyl (C=O) groups excluding carboxylic acids is 3. The Morgan fingerprint density at radius 1 is 1.29 bits per heavy atom. The van der Waals surface area contributed by atoms with E-state index in [9.17, 15) is 14.4 Å². The van der Waals surface area contributed by atoms with E-state index in [0.717, 1.165) is 29.7 Å². The van der Waals surface area contributed by atoms with Crippen LogP contribution in [0.4, 0.5) is 4.79 Å². The predicted molar refractivity (Wildman–Crippen MR) is 106 cm³/mol. The molecule has 1 aromatic rings. The molecule has 3 rings (SSSR count). The Labute approximate surface area is 166 Å². The second-order valence-electron chi connectivity index (χ2n) is 8.81. The van der Waals surface area contributed by atoms with Crippen LogP contribution in [0.1, 0.15) is 58.4 Å². The molecular weight excluding hydrogens is 356 g/mol. The van der Waals surface area contributed by atoms with Crippen LogP contribution in [-0.4, -0.2) is 34.9 Å². The first kappa shape index (κ1) is 20.4. The zero-order chi connectivity index (χ0) is 20.5. The molecule has 6 heteroatoms. The molecule has 1 aliphatic heterocycles. The van der Waals surface area contributed by atoms with Gasteiger partial charge in [-0.3, -0.25) is 9.69 Å². The molecule has 2 aliphatic rings. The topological polar surface area (TPSA) is 75.7 Å². The number of ether oxygens (including phenoxy) is 1. The number of benzene rings is 1. The number of aryl methyl sites for hydroxylation is 1. The molecule has 0 bridgehead atoms. The lowest BCUT2D eigenvalue weighted by molar-refractivity contribution is -0.141. The van der Waals surface area contributed by atoms with Gasteiger partial charge in [0.15, 0.2) is 0 Å². The van der Waals surface area contributed by atoms with Crippen molar-refractivity contribution < 1.29 is 19.1 Å². The third-order valence-corrected chi connectivity index (χ3v) is 6.61. The van der Waals surface area contributed by atoms with Crippen molar-refractivity contribution in [3.05, 3.63) is 29.8 Å². The zero-order valence-corrected chi connectivity index (χ0v) is 17.2. The van der Waals surface area contributed by atoms with Crippen LogP contribution in [0, 0.1) is 18.3 Å². The van der Waals surface area contributed by atoms with Gasteiger partial charge in [0, 0.05) is 0 Å². The summed E-state index contributed by atoms with van der Waals surface area (Å²) in [5.41, 5.74) is 0.331. The molecule has 1 N–H and O–H groups in total. The highest BCUT2D eigenvalue weighted by atomic mass is 16.5. The number of hydrogen-bond acceptors (Lipinski definition) is 4. The number of amides is 3. The molecule has 0 unspecified atom stereocenters. The van der Waals surface area contributed by atoms with Crippen LogP contribution in [0.3, 0.4) is 0 Å². The molecule has 2 fully saturated rings. The minimum absolute atomic E-state index is 0.227. The predicted octanol–water partition coefficient (Wildman–Crippen LogP) is 3.82. The maximum absolute atomic E-state index is 13.0. The van der Waals surface area contributed by atoms with Crippen LogP contribution in [0.5, 0.6) is 5.75 Å². The number of nitrogens with one attached hydrogen (secondary N) is 1. The fourth-order valence-electron chi connectivity index (χ4n) is 4.31. The number of urea groups is 1. The van der Waals surface area contributed by atoms with Crippen molar-refractivity contribution in [2.24, 2.45) is 11.3 Å². The van der Waals surface area contributed by atoms with Gasteiger partial charge in [0.2, 0.25) is 0 Å². The van der Waals surface area contributed by atoms with E-state index in [4.69, 9.17) is 4.74 Å². The summed E-state index contributed by atoms with van der Waals surface area (Å²) >= 11 is 0. The average molecular weight is 386 g/mol. The molecule has 0 atom stereocenters. The third kappa shape index (κ3) is 3.91. The van der Waals surface area contributed by atoms with Gasteiger partial charge >= 0.3 is 12.0 Å². The molecule has 1 spiro atoms. The van der Waals surface area contributed by atoms with Crippen molar-refractivity contribution in [1.82, 2.24) is 10.2 Å². The van der Waals surface area contributed by atoms with Crippen molar-refractivity contribution in [3.63, 3.8) is 0 Å². The van der Waals surface area contributed by atoms with E-state index in [0.29, 0.717) is 24.5 Å². The second kappa shape index (κ2) is 7.57. The van der Waals surface area contributed by atoms with Crippen molar-refractivity contribution >= 4 is 17.9 Å². The summed E-state index contributed by atoms with van der Waals surface area (Å²) in [6, 6.07) is 6.60. The molecule has 152 valence electrons. The van der Waals surface area contributed by atoms with Gasteiger partial charge in [0.25, 0.3) is 5.91 Å². The van der Waals surface area contributed by atoms with E-state index in [1.165, 1.54) is 0 Å². The van der Waals surface area contributed by atoms with Crippen molar-refractivity contribution in [3.8, 4) is 5.75 Å². The van der Waals surface area contributed by atoms with Gasteiger partial charge in [-0.25, -0.2) is 9.59 Å². The standard InChI is InChI=1S/C22H30N2O4/c1-5-21(3,4)16-9-11-22(12-10-16)19(26)24(20(27)23-22)14-18(25)28-17-8-6-7-15(2)13-17/h6-8,13,16H,5,9-12,14H2,1-4H3,(H,23,27). The minimum atomic E-state index is -0.860. The largest absolute Gasteiger partial charge is 0.425 e. The fourth-order valence-corrected chi connectivity index (χ4v) is 4.31. The normalized spacial score (nSPS) is 25.1. The van der Waals surface area contributed by atoms with Gasteiger partial charge in [-0.15, -0.1) is 0 Å². The molecule has 0 aromatic heterocycles. The molecule has 1 aliphatic carbocycles. The third-order valence-electron chi connectivity index (χ3n) is 6.61. The lowest BCUT2D eigenvalue weighted by atomic mass is 9.65. The number of imide groups is 1. The number of nitrogens with zero attached hydrogens (tertiary/aromatic N) is 1. The summed E-state index contributed by atoms with van der Waals surface area (Å²) < 4.78 is 5.29. The molecule has 1 aromatic carbocycles. The van der Waals surface area contributed by atoms with Crippen LogP contribution < -0.4 is 10.1 Å². The number of hydrogen-bond donors (Lipinski definition) is 1. The van der Waals surface area contributed by atoms with Gasteiger partial charge in [0.1, 0.15) is 17.8 Å². The summed E-state index contributed by atoms with van der Waals surface area (Å²) in [6.07, 6.45) is 4.12. The summed E-state index contributed by atoms with van der Waals surface area (Å²) in [4.78, 5) is 38.7. The van der Waals surface area contributed by atoms with Gasteiger partial charge in [-0.1, -0.05) is 39.3 Å². The number of esters is 1. The Kier molecular flexibility index (Phi) is 5.50. The van der Waals surface area contributed by atoms with Crippen LogP contribution in [0.2, 0.25) is 0 Å². The number of carbonyl (C=O) groups is 3. The Morgan fingerprint density at radius 3 is 2.57 bits per heavy atom. The second-order valence-corrected chi connectivity index (χ2v) is 8.81. The fraction of sp³-hybridized carbons (Fsp3) is 0.591. The monoisotopic (exact) mass is 386 g/mol. The highest BCUT2D eigenvalue weighted by Gasteiger charge is 2.53. The SMILES string of the molecule is CCC(C)(C)C1CCC2(CC1)NC(=O)N(CC(=O)Oc1cccc(C)c1)C2=O. The smallest absolute Gasteiger partial charge is 0.331 e. The van der Waals surface area contributed by atoms with Crippen LogP contribution >= 0.6 is 0 Å². The van der Waals surface area contributed by atoms with E-state index in [1.807, 2.05) is 13.0 Å². The van der Waals surface area contributed by atoms with Gasteiger partial charge < -0.3 is 10.1 Å². The highest BCUT2D eigenvalue weighted by molar-refractivity contribution is 6.08. The Balaban J connectivity index is 1.63. The molecule has 1 saturated carbocycles. The van der Waals surface area contributed by atoms with Crippen molar-refractivity contribution in [1.29, 1.82) is 0 Å². The summed E-state index contributed by atoms with van der Waals surface area (Å²) in [7, 11) is 0. The Bertz CT molecular complexity index is 778. The van der Waals surface area contributed by atoms with E-state index >= 15 is 0 Å². The molecule has 6 nitrogen and oxygen atoms in total. The van der Waals surface area contributed by atoms with Crippen molar-refractivity contribution in [2.75, 3.05) is 6.54 Å². The molecular formula is C22H30N2O4. The minimum Gasteiger partial charge on any atom is -0.425 e. The van der Waals surface area contributed by atoms with Crippen molar-refractivity contribution in [2.45, 2.75) is 65.3 Å². The zero-order valence-electron chi connectivity index (χ0n) is 17.2. The molecule has 0 radical (unpaired) electrons. The lowest BCUT2D eigenvalue weighted by Crippen LogP contribution is -2.51. The Morgan fingerprint density at radius 2 is 1.96 bits per heavy atom. The van der Waals surface area contributed by atoms with Crippen LogP contribution in [-0.2, 0) is 9.59 Å². The highest BCUT2D eigenvalue weighted by Crippen LogP contribution is 2.45. The maximum Gasteiger partial charge on any atom is 0.331 e. The lowest BCUT2D eigenvalue weighted by Gasteiger charge is -2.42. The van der Waals surface area contributed by atoms with Gasteiger partial charge in [0.05, 0.1) is 0 Å². The molecule has 3 amide bonds. The van der Waals surface area contributed by atoms with E-state index in [-0.39, 0.29) is 17.9 Å². The van der Waals surface area contributed by atoms with Crippen LogP contribution in [0.15, 0.2) is 24.3 Å². The summed E-state index contributed by atoms with van der Waals surface area (Å²) in [5.74, 6) is 0.0284. The first-order chi connectivity index (χ1) is 13.2. The number of rotatable bonds is 5. The van der Waals surface area contributed by atoms with E-state index < -0.39 is 17.5 Å². The quantitative estimate of drug-likeness (QED) is 0.474. The Hall–Kier alpha value is -2.37. The maximum atomic E-state index is 13.0. The average Bonchev–Trinajstić information content (AvgIpc) is 2.86. The first-order valence-corrected chi connectivity index (χ1v) is 10.1. The van der Waals surface area contributed by atoms with Crippen LogP contribution in [0.25, 0.3) is 0 Å². The van der Waals surface area contributed by atoms with Gasteiger partial charge in [-0.2, -0.15) is 0 Å². The summed E-state index contributed by atoms with van der Waals surface area (Å²) in [6.45, 7) is 8.24. The summed E-state index contributed by atoms with van der Waals surface area (Å²) in [5, 5.41) is 2.87. The molecule has 1 saturated heterocycles. The first-order valence-electron chi connectivity index (χ1n) is 10.1.